The third-order valence-corrected chi connectivity index (χ3v) is 6.92. The normalized spacial score (nSPS) is 11.9. The first kappa shape index (κ1) is 23.1. The molecular formula is C20H31N5O3S. The minimum absolute atomic E-state index is 0.115. The number of hydrogen-bond donors (Lipinski definition) is 1. The molecule has 2 rings (SSSR count). The van der Waals surface area contributed by atoms with Gasteiger partial charge >= 0.3 is 0 Å². The summed E-state index contributed by atoms with van der Waals surface area (Å²) < 4.78 is 28.5. The molecule has 0 spiro atoms. The zero-order valence-corrected chi connectivity index (χ0v) is 18.4. The monoisotopic (exact) mass is 421 g/mol. The van der Waals surface area contributed by atoms with Crippen molar-refractivity contribution in [2.75, 3.05) is 38.0 Å². The van der Waals surface area contributed by atoms with Gasteiger partial charge in [0.15, 0.2) is 0 Å². The van der Waals surface area contributed by atoms with E-state index in [2.05, 4.69) is 29.2 Å². The molecule has 0 aliphatic carbocycles. The van der Waals surface area contributed by atoms with Gasteiger partial charge in [-0.1, -0.05) is 33.8 Å². The molecule has 0 atom stereocenters. The smallest absolute Gasteiger partial charge is 0.255 e. The zero-order valence-electron chi connectivity index (χ0n) is 17.6. The van der Waals surface area contributed by atoms with Crippen LogP contribution in [0.5, 0.6) is 0 Å². The van der Waals surface area contributed by atoms with Crippen LogP contribution in [0.3, 0.4) is 0 Å². The number of hydrogen-bond acceptors (Lipinski definition) is 5. The van der Waals surface area contributed by atoms with E-state index in [0.29, 0.717) is 18.8 Å². The van der Waals surface area contributed by atoms with E-state index in [1.807, 2.05) is 0 Å². The first-order valence-corrected chi connectivity index (χ1v) is 11.5. The van der Waals surface area contributed by atoms with Gasteiger partial charge in [-0.05, 0) is 31.3 Å². The Morgan fingerprint density at radius 2 is 1.79 bits per heavy atom. The maximum Gasteiger partial charge on any atom is 0.255 e. The topological polar surface area (TPSA) is 87.5 Å². The molecule has 0 saturated heterocycles. The number of rotatable bonds is 11. The van der Waals surface area contributed by atoms with E-state index in [1.165, 1.54) is 16.4 Å². The van der Waals surface area contributed by atoms with Gasteiger partial charge in [-0.2, -0.15) is 9.40 Å². The third-order valence-electron chi connectivity index (χ3n) is 4.87. The van der Waals surface area contributed by atoms with E-state index in [4.69, 9.17) is 0 Å². The van der Waals surface area contributed by atoms with Crippen LogP contribution < -0.4 is 5.32 Å². The van der Waals surface area contributed by atoms with Crippen molar-refractivity contribution in [2.45, 2.75) is 39.1 Å². The van der Waals surface area contributed by atoms with E-state index in [-0.39, 0.29) is 16.4 Å². The Kier molecular flexibility index (Phi) is 8.36. The van der Waals surface area contributed by atoms with Gasteiger partial charge in [-0.25, -0.2) is 8.42 Å². The maximum absolute atomic E-state index is 12.7. The highest BCUT2D eigenvalue weighted by Gasteiger charge is 2.22. The van der Waals surface area contributed by atoms with Crippen molar-refractivity contribution < 1.29 is 13.2 Å². The molecule has 0 aliphatic heterocycles. The van der Waals surface area contributed by atoms with E-state index < -0.39 is 10.0 Å². The number of anilines is 1. The second kappa shape index (κ2) is 10.5. The molecule has 1 aromatic heterocycles. The zero-order chi connectivity index (χ0) is 21.4. The van der Waals surface area contributed by atoms with Crippen molar-refractivity contribution in [2.24, 2.45) is 0 Å². The fraction of sp³-hybridized carbons (Fsp3) is 0.500. The molecule has 2 aromatic rings. The van der Waals surface area contributed by atoms with Crippen LogP contribution in [0, 0.1) is 0 Å². The number of nitrogens with zero attached hydrogens (tertiary/aromatic N) is 4. The number of carbonyl (C=O) groups excluding carboxylic acids is 1. The molecular weight excluding hydrogens is 390 g/mol. The average molecular weight is 422 g/mol. The number of likely N-dealkylation sites (N-methyl/N-ethyl adjacent to an activating group) is 1. The Hall–Kier alpha value is -2.23. The van der Waals surface area contributed by atoms with Crippen LogP contribution in [-0.2, 0) is 16.6 Å². The van der Waals surface area contributed by atoms with E-state index in [0.717, 1.165) is 26.2 Å². The quantitative estimate of drug-likeness (QED) is 0.602. The van der Waals surface area contributed by atoms with Crippen molar-refractivity contribution in [3.05, 3.63) is 42.2 Å². The number of sulfonamides is 1. The lowest BCUT2D eigenvalue weighted by atomic mass is 10.2. The summed E-state index contributed by atoms with van der Waals surface area (Å²) in [5, 5.41) is 7.06. The summed E-state index contributed by atoms with van der Waals surface area (Å²) in [5.74, 6) is -0.370. The van der Waals surface area contributed by atoms with E-state index in [9.17, 15) is 13.2 Å². The number of aromatic nitrogens is 2. The fourth-order valence-corrected chi connectivity index (χ4v) is 4.55. The van der Waals surface area contributed by atoms with Crippen molar-refractivity contribution in [1.82, 2.24) is 19.0 Å². The van der Waals surface area contributed by atoms with Crippen LogP contribution in [0.2, 0.25) is 0 Å². The predicted octanol–water partition coefficient (Wildman–Crippen LogP) is 2.51. The maximum atomic E-state index is 12.7. The molecule has 0 aliphatic rings. The molecule has 29 heavy (non-hydrogen) atoms. The minimum atomic E-state index is -3.61. The standard InChI is InChI=1S/C20H31N5O3S/c1-5-23(6-2)12-13-24-16-18(15-21-24)22-20(26)17-10-9-11-19(14-17)29(27,28)25(7-3)8-4/h9-11,14-16H,5-8,12-13H2,1-4H3,(H,22,26). The van der Waals surface area contributed by atoms with Crippen LogP contribution in [0.1, 0.15) is 38.1 Å². The number of amides is 1. The molecule has 0 saturated carbocycles. The Labute approximate surface area is 173 Å². The highest BCUT2D eigenvalue weighted by Crippen LogP contribution is 2.18. The highest BCUT2D eigenvalue weighted by atomic mass is 32.2. The fourth-order valence-electron chi connectivity index (χ4n) is 3.05. The lowest BCUT2D eigenvalue weighted by Crippen LogP contribution is -2.30. The Morgan fingerprint density at radius 1 is 1.10 bits per heavy atom. The largest absolute Gasteiger partial charge is 0.319 e. The Bertz CT molecular complexity index is 902. The van der Waals surface area contributed by atoms with Crippen molar-refractivity contribution in [3.63, 3.8) is 0 Å². The molecule has 0 bridgehead atoms. The molecule has 1 amide bonds. The lowest BCUT2D eigenvalue weighted by molar-refractivity contribution is 0.102. The van der Waals surface area contributed by atoms with E-state index >= 15 is 0 Å². The first-order valence-electron chi connectivity index (χ1n) is 10.0. The van der Waals surface area contributed by atoms with Crippen molar-refractivity contribution in [1.29, 1.82) is 0 Å². The van der Waals surface area contributed by atoms with Gasteiger partial charge in [-0.15, -0.1) is 0 Å². The van der Waals surface area contributed by atoms with Gasteiger partial charge in [0.1, 0.15) is 0 Å². The van der Waals surface area contributed by atoms with Crippen molar-refractivity contribution in [3.8, 4) is 0 Å². The molecule has 1 heterocycles. The summed E-state index contributed by atoms with van der Waals surface area (Å²) in [6.07, 6.45) is 3.37. The molecule has 1 N–H and O–H groups in total. The van der Waals surface area contributed by atoms with Crippen molar-refractivity contribution >= 4 is 21.6 Å². The average Bonchev–Trinajstić information content (AvgIpc) is 3.17. The molecule has 160 valence electrons. The second-order valence-corrected chi connectivity index (χ2v) is 8.53. The first-order chi connectivity index (χ1) is 13.8. The summed E-state index contributed by atoms with van der Waals surface area (Å²) in [6, 6.07) is 6.10. The van der Waals surface area contributed by atoms with Crippen LogP contribution in [-0.4, -0.2) is 66.0 Å². The SMILES string of the molecule is CCN(CC)CCn1cc(NC(=O)c2cccc(S(=O)(=O)N(CC)CC)c2)cn1. The van der Waals surface area contributed by atoms with Gasteiger partial charge in [0.05, 0.1) is 23.3 Å². The summed E-state index contributed by atoms with van der Waals surface area (Å²) in [7, 11) is -3.61. The lowest BCUT2D eigenvalue weighted by Gasteiger charge is -2.18. The van der Waals surface area contributed by atoms with Crippen LogP contribution in [0.4, 0.5) is 5.69 Å². The highest BCUT2D eigenvalue weighted by molar-refractivity contribution is 7.89. The van der Waals surface area contributed by atoms with Crippen LogP contribution in [0.15, 0.2) is 41.6 Å². The van der Waals surface area contributed by atoms with Gasteiger partial charge in [0.2, 0.25) is 10.0 Å². The van der Waals surface area contributed by atoms with Gasteiger partial charge in [-0.3, -0.25) is 9.48 Å². The molecule has 8 nitrogen and oxygen atoms in total. The molecule has 0 radical (unpaired) electrons. The summed E-state index contributed by atoms with van der Waals surface area (Å²) in [6.45, 7) is 12.1. The van der Waals surface area contributed by atoms with Crippen LogP contribution in [0.25, 0.3) is 0 Å². The number of nitrogens with one attached hydrogen (secondary N) is 1. The van der Waals surface area contributed by atoms with Gasteiger partial charge in [0.25, 0.3) is 5.91 Å². The van der Waals surface area contributed by atoms with E-state index in [1.54, 1.807) is 43.1 Å². The molecule has 1 aromatic carbocycles. The van der Waals surface area contributed by atoms with Gasteiger partial charge < -0.3 is 10.2 Å². The Morgan fingerprint density at radius 3 is 2.41 bits per heavy atom. The second-order valence-electron chi connectivity index (χ2n) is 6.59. The van der Waals surface area contributed by atoms with Gasteiger partial charge in [0, 0.05) is 31.4 Å². The minimum Gasteiger partial charge on any atom is -0.319 e. The summed E-state index contributed by atoms with van der Waals surface area (Å²) in [4.78, 5) is 15.0. The third kappa shape index (κ3) is 5.88. The molecule has 0 fully saturated rings. The Balaban J connectivity index is 2.09. The summed E-state index contributed by atoms with van der Waals surface area (Å²) >= 11 is 0. The molecule has 9 heteroatoms. The molecule has 0 unspecified atom stereocenters. The van der Waals surface area contributed by atoms with Crippen LogP contribution >= 0.6 is 0 Å². The summed E-state index contributed by atoms with van der Waals surface area (Å²) in [5.41, 5.74) is 0.862. The number of carbonyl (C=O) groups is 1. The number of benzene rings is 1. The predicted molar refractivity (Wildman–Crippen MR) is 115 cm³/mol.